The van der Waals surface area contributed by atoms with Gasteiger partial charge < -0.3 is 19.9 Å². The summed E-state index contributed by atoms with van der Waals surface area (Å²) in [4.78, 5) is 36.0. The molecule has 0 saturated carbocycles. The fourth-order valence-corrected chi connectivity index (χ4v) is 2.97. The van der Waals surface area contributed by atoms with E-state index in [2.05, 4.69) is 20.6 Å². The Balaban J connectivity index is 1.41. The first-order chi connectivity index (χ1) is 14.5. The average Bonchev–Trinajstić information content (AvgIpc) is 2.74. The molecule has 0 saturated heterocycles. The molecule has 2 aromatic carbocycles. The topological polar surface area (TPSA) is 99.7 Å². The number of rotatable bonds is 4. The Morgan fingerprint density at radius 3 is 2.47 bits per heavy atom. The highest BCUT2D eigenvalue weighted by molar-refractivity contribution is 6.01. The van der Waals surface area contributed by atoms with Crippen LogP contribution in [-0.2, 0) is 4.79 Å². The van der Waals surface area contributed by atoms with E-state index >= 15 is 0 Å². The van der Waals surface area contributed by atoms with Crippen LogP contribution in [0.15, 0.2) is 60.8 Å². The van der Waals surface area contributed by atoms with Crippen molar-refractivity contribution >= 4 is 40.8 Å². The smallest absolute Gasteiger partial charge is 0.410 e. The summed E-state index contributed by atoms with van der Waals surface area (Å²) in [6.45, 7) is 0.263. The monoisotopic (exact) mass is 404 g/mol. The van der Waals surface area contributed by atoms with Crippen LogP contribution >= 0.6 is 0 Å². The number of anilines is 5. The van der Waals surface area contributed by atoms with Gasteiger partial charge in [-0.15, -0.1) is 0 Å². The van der Waals surface area contributed by atoms with Crippen LogP contribution in [0.5, 0.6) is 5.75 Å². The highest BCUT2D eigenvalue weighted by Gasteiger charge is 2.26. The van der Waals surface area contributed by atoms with Crippen molar-refractivity contribution in [2.75, 3.05) is 41.1 Å². The number of likely N-dealkylation sites (N-methyl/N-ethyl adjacent to an activating group) is 2. The first-order valence-corrected chi connectivity index (χ1v) is 9.25. The van der Waals surface area contributed by atoms with Gasteiger partial charge in [-0.25, -0.2) is 9.78 Å². The SMILES string of the molecule is CN1CC(=O)N(C)c2cnc(Nc3ccc(NC(=O)Oc4ccccc4)cc3)nc21. The summed E-state index contributed by atoms with van der Waals surface area (Å²) in [5.41, 5.74) is 2.00. The molecule has 2 N–H and O–H groups in total. The van der Waals surface area contributed by atoms with Crippen LogP contribution in [0.2, 0.25) is 0 Å². The molecule has 3 aromatic rings. The number of hydrogen-bond acceptors (Lipinski definition) is 7. The van der Waals surface area contributed by atoms with Crippen LogP contribution in [0.4, 0.5) is 33.6 Å². The number of para-hydroxylation sites is 1. The van der Waals surface area contributed by atoms with Gasteiger partial charge in [-0.05, 0) is 36.4 Å². The van der Waals surface area contributed by atoms with E-state index < -0.39 is 6.09 Å². The maximum absolute atomic E-state index is 12.0. The summed E-state index contributed by atoms with van der Waals surface area (Å²) in [6.07, 6.45) is 1.05. The van der Waals surface area contributed by atoms with Crippen molar-refractivity contribution in [1.29, 1.82) is 0 Å². The highest BCUT2D eigenvalue weighted by Crippen LogP contribution is 2.30. The Morgan fingerprint density at radius 2 is 1.73 bits per heavy atom. The van der Waals surface area contributed by atoms with E-state index in [0.717, 1.165) is 5.69 Å². The number of nitrogens with one attached hydrogen (secondary N) is 2. The number of benzene rings is 2. The number of carbonyl (C=O) groups excluding carboxylic acids is 2. The fraction of sp³-hybridized carbons (Fsp3) is 0.143. The number of nitrogens with zero attached hydrogens (tertiary/aromatic N) is 4. The Labute approximate surface area is 173 Å². The number of ether oxygens (including phenoxy) is 1. The molecule has 0 unspecified atom stereocenters. The molecule has 0 fully saturated rings. The quantitative estimate of drug-likeness (QED) is 0.689. The molecule has 0 aliphatic carbocycles. The van der Waals surface area contributed by atoms with Gasteiger partial charge in [0.25, 0.3) is 0 Å². The van der Waals surface area contributed by atoms with Gasteiger partial charge in [-0.2, -0.15) is 4.98 Å². The van der Waals surface area contributed by atoms with E-state index in [1.54, 1.807) is 71.6 Å². The number of hydrogen-bond donors (Lipinski definition) is 2. The largest absolute Gasteiger partial charge is 0.417 e. The van der Waals surface area contributed by atoms with Gasteiger partial charge in [-0.1, -0.05) is 18.2 Å². The fourth-order valence-electron chi connectivity index (χ4n) is 2.97. The summed E-state index contributed by atoms with van der Waals surface area (Å²) < 4.78 is 5.21. The van der Waals surface area contributed by atoms with Crippen LogP contribution in [0, 0.1) is 0 Å². The van der Waals surface area contributed by atoms with Crippen molar-refractivity contribution in [2.45, 2.75) is 0 Å². The lowest BCUT2D eigenvalue weighted by Gasteiger charge is -2.31. The summed E-state index contributed by atoms with van der Waals surface area (Å²) in [7, 11) is 3.52. The summed E-state index contributed by atoms with van der Waals surface area (Å²) in [6, 6.07) is 15.9. The minimum absolute atomic E-state index is 0.0109. The van der Waals surface area contributed by atoms with E-state index in [-0.39, 0.29) is 12.5 Å². The van der Waals surface area contributed by atoms with Crippen LogP contribution in [-0.4, -0.2) is 42.6 Å². The Morgan fingerprint density at radius 1 is 1.03 bits per heavy atom. The van der Waals surface area contributed by atoms with Gasteiger partial charge in [0.2, 0.25) is 11.9 Å². The van der Waals surface area contributed by atoms with Crippen molar-refractivity contribution in [3.05, 3.63) is 60.8 Å². The van der Waals surface area contributed by atoms with E-state index in [1.807, 2.05) is 13.1 Å². The molecule has 1 aromatic heterocycles. The molecule has 1 aliphatic rings. The second kappa shape index (κ2) is 8.08. The Hall–Kier alpha value is -4.14. The van der Waals surface area contributed by atoms with Gasteiger partial charge in [0, 0.05) is 25.5 Å². The lowest BCUT2D eigenvalue weighted by atomic mass is 10.3. The predicted octanol–water partition coefficient (Wildman–Crippen LogP) is 3.24. The number of aromatic nitrogens is 2. The van der Waals surface area contributed by atoms with Crippen molar-refractivity contribution < 1.29 is 14.3 Å². The van der Waals surface area contributed by atoms with Crippen molar-refractivity contribution in [3.63, 3.8) is 0 Å². The maximum Gasteiger partial charge on any atom is 0.417 e. The molecule has 4 rings (SSSR count). The second-order valence-corrected chi connectivity index (χ2v) is 6.74. The number of fused-ring (bicyclic) bond motifs is 1. The molecule has 0 spiro atoms. The van der Waals surface area contributed by atoms with Crippen LogP contribution in [0.3, 0.4) is 0 Å². The third-order valence-electron chi connectivity index (χ3n) is 4.56. The minimum Gasteiger partial charge on any atom is -0.410 e. The first kappa shape index (κ1) is 19.2. The van der Waals surface area contributed by atoms with Gasteiger partial charge >= 0.3 is 6.09 Å². The van der Waals surface area contributed by atoms with Crippen molar-refractivity contribution in [3.8, 4) is 5.75 Å². The van der Waals surface area contributed by atoms with Crippen LogP contribution < -0.4 is 25.2 Å². The molecular weight excluding hydrogens is 384 g/mol. The normalized spacial score (nSPS) is 12.9. The van der Waals surface area contributed by atoms with E-state index in [1.165, 1.54) is 0 Å². The average molecular weight is 404 g/mol. The van der Waals surface area contributed by atoms with E-state index in [9.17, 15) is 9.59 Å². The van der Waals surface area contributed by atoms with E-state index in [4.69, 9.17) is 4.74 Å². The third kappa shape index (κ3) is 4.14. The summed E-state index contributed by atoms with van der Waals surface area (Å²) >= 11 is 0. The zero-order valence-corrected chi connectivity index (χ0v) is 16.5. The summed E-state index contributed by atoms with van der Waals surface area (Å²) in [5, 5.41) is 5.80. The molecule has 152 valence electrons. The molecule has 2 heterocycles. The molecular formula is C21H20N6O3. The molecule has 30 heavy (non-hydrogen) atoms. The van der Waals surface area contributed by atoms with Gasteiger partial charge in [0.15, 0.2) is 5.82 Å². The number of amides is 2. The van der Waals surface area contributed by atoms with Gasteiger partial charge in [-0.3, -0.25) is 10.1 Å². The van der Waals surface area contributed by atoms with E-state index in [0.29, 0.717) is 28.9 Å². The standard InChI is InChI=1S/C21H20N6O3/c1-26-13-18(28)27(2)17-12-22-20(25-19(17)26)23-14-8-10-15(11-9-14)24-21(29)30-16-6-4-3-5-7-16/h3-12H,13H2,1-2H3,(H,24,29)(H,22,23,25). The molecule has 0 radical (unpaired) electrons. The first-order valence-electron chi connectivity index (χ1n) is 9.25. The predicted molar refractivity (Wildman–Crippen MR) is 115 cm³/mol. The Kier molecular flexibility index (Phi) is 5.17. The third-order valence-corrected chi connectivity index (χ3v) is 4.56. The molecule has 0 bridgehead atoms. The molecule has 2 amide bonds. The van der Waals surface area contributed by atoms with Crippen LogP contribution in [0.25, 0.3) is 0 Å². The van der Waals surface area contributed by atoms with Crippen LogP contribution in [0.1, 0.15) is 0 Å². The lowest BCUT2D eigenvalue weighted by Crippen LogP contribution is -2.42. The molecule has 0 atom stereocenters. The van der Waals surface area contributed by atoms with Gasteiger partial charge in [0.05, 0.1) is 12.7 Å². The molecule has 1 aliphatic heterocycles. The zero-order valence-electron chi connectivity index (χ0n) is 16.5. The maximum atomic E-state index is 12.0. The molecule has 9 nitrogen and oxygen atoms in total. The highest BCUT2D eigenvalue weighted by atomic mass is 16.6. The minimum atomic E-state index is -0.568. The molecule has 9 heteroatoms. The second-order valence-electron chi connectivity index (χ2n) is 6.74. The number of carbonyl (C=O) groups is 2. The van der Waals surface area contributed by atoms with Crippen molar-refractivity contribution in [1.82, 2.24) is 9.97 Å². The Bertz CT molecular complexity index is 1070. The van der Waals surface area contributed by atoms with Crippen molar-refractivity contribution in [2.24, 2.45) is 0 Å². The van der Waals surface area contributed by atoms with Gasteiger partial charge in [0.1, 0.15) is 11.4 Å². The lowest BCUT2D eigenvalue weighted by molar-refractivity contribution is -0.117. The zero-order chi connectivity index (χ0) is 21.1. The summed E-state index contributed by atoms with van der Waals surface area (Å²) in [5.74, 6) is 1.54.